The Hall–Kier alpha value is -1.43. The van der Waals surface area contributed by atoms with Crippen molar-refractivity contribution in [3.05, 3.63) is 0 Å². The summed E-state index contributed by atoms with van der Waals surface area (Å²) in [5, 5.41) is 10.7. The highest BCUT2D eigenvalue weighted by Crippen LogP contribution is 1.95. The van der Waals surface area contributed by atoms with Gasteiger partial charge in [-0.2, -0.15) is 0 Å². The molecule has 0 rings (SSSR count). The molecule has 0 radical (unpaired) electrons. The average molecular weight is 202 g/mol. The molecular formula is C8H14N2O4. The van der Waals surface area contributed by atoms with Gasteiger partial charge in [-0.15, -0.1) is 0 Å². The molecule has 6 nitrogen and oxygen atoms in total. The number of aldehydes is 1. The fraction of sp³-hybridized carbons (Fsp3) is 0.625. The van der Waals surface area contributed by atoms with Gasteiger partial charge in [0, 0.05) is 6.42 Å². The molecule has 1 amide bonds. The zero-order valence-electron chi connectivity index (χ0n) is 7.90. The van der Waals surface area contributed by atoms with E-state index in [0.717, 1.165) is 0 Å². The minimum absolute atomic E-state index is 0.0622. The summed E-state index contributed by atoms with van der Waals surface area (Å²) in [6.45, 7) is 1.51. The summed E-state index contributed by atoms with van der Waals surface area (Å²) in [6.07, 6.45) is 0.471. The summed E-state index contributed by atoms with van der Waals surface area (Å²) in [4.78, 5) is 31.5. The van der Waals surface area contributed by atoms with Crippen LogP contribution in [-0.4, -0.2) is 35.4 Å². The highest BCUT2D eigenvalue weighted by Gasteiger charge is 2.16. The molecule has 0 aliphatic carbocycles. The van der Waals surface area contributed by atoms with Gasteiger partial charge in [-0.3, -0.25) is 9.59 Å². The lowest BCUT2D eigenvalue weighted by Crippen LogP contribution is -2.45. The topological polar surface area (TPSA) is 109 Å². The molecular weight excluding hydrogens is 188 g/mol. The van der Waals surface area contributed by atoms with E-state index in [1.165, 1.54) is 6.92 Å². The first-order chi connectivity index (χ1) is 6.47. The number of aliphatic carboxylic acids is 1. The first-order valence-corrected chi connectivity index (χ1v) is 4.20. The zero-order valence-corrected chi connectivity index (χ0v) is 7.90. The monoisotopic (exact) mass is 202 g/mol. The molecule has 0 aromatic heterocycles. The van der Waals surface area contributed by atoms with Crippen LogP contribution in [0.15, 0.2) is 0 Å². The van der Waals surface area contributed by atoms with Gasteiger partial charge in [0.25, 0.3) is 0 Å². The molecule has 80 valence electrons. The van der Waals surface area contributed by atoms with Gasteiger partial charge in [-0.25, -0.2) is 0 Å². The molecule has 6 heteroatoms. The van der Waals surface area contributed by atoms with Gasteiger partial charge in [0.05, 0.1) is 12.1 Å². The number of nitrogens with two attached hydrogens (primary N) is 1. The van der Waals surface area contributed by atoms with Gasteiger partial charge in [-0.05, 0) is 13.3 Å². The fourth-order valence-electron chi connectivity index (χ4n) is 0.776. The normalized spacial score (nSPS) is 14.1. The van der Waals surface area contributed by atoms with Crippen LogP contribution in [0.25, 0.3) is 0 Å². The van der Waals surface area contributed by atoms with Gasteiger partial charge in [0.2, 0.25) is 5.91 Å². The summed E-state index contributed by atoms with van der Waals surface area (Å²) in [7, 11) is 0. The van der Waals surface area contributed by atoms with Crippen molar-refractivity contribution in [2.24, 2.45) is 5.73 Å². The Bertz CT molecular complexity index is 229. The van der Waals surface area contributed by atoms with Crippen molar-refractivity contribution >= 4 is 18.2 Å². The number of carbonyl (C=O) groups is 3. The van der Waals surface area contributed by atoms with Crippen LogP contribution in [0.4, 0.5) is 0 Å². The van der Waals surface area contributed by atoms with Crippen LogP contribution in [0, 0.1) is 0 Å². The smallest absolute Gasteiger partial charge is 0.303 e. The number of amides is 1. The molecule has 0 heterocycles. The Balaban J connectivity index is 3.87. The summed E-state index contributed by atoms with van der Waals surface area (Å²) in [5.74, 6) is -1.51. The van der Waals surface area contributed by atoms with E-state index in [1.54, 1.807) is 0 Å². The molecule has 0 aliphatic heterocycles. The Morgan fingerprint density at radius 2 is 2.14 bits per heavy atom. The van der Waals surface area contributed by atoms with Crippen molar-refractivity contribution in [2.45, 2.75) is 31.8 Å². The largest absolute Gasteiger partial charge is 0.481 e. The summed E-state index contributed by atoms with van der Waals surface area (Å²) in [6, 6.07) is -1.48. The van der Waals surface area contributed by atoms with Crippen molar-refractivity contribution in [2.75, 3.05) is 0 Å². The Morgan fingerprint density at radius 3 is 2.57 bits per heavy atom. The minimum atomic E-state index is -1.00. The average Bonchev–Trinajstić information content (AvgIpc) is 2.13. The van der Waals surface area contributed by atoms with E-state index in [1.807, 2.05) is 0 Å². The van der Waals surface area contributed by atoms with E-state index >= 15 is 0 Å². The number of carboxylic acid groups (broad SMARTS) is 1. The number of hydrogen-bond acceptors (Lipinski definition) is 4. The number of nitrogens with one attached hydrogen (secondary N) is 1. The van der Waals surface area contributed by atoms with Gasteiger partial charge in [0.15, 0.2) is 0 Å². The van der Waals surface area contributed by atoms with Gasteiger partial charge < -0.3 is 21.0 Å². The number of rotatable bonds is 6. The van der Waals surface area contributed by atoms with Crippen LogP contribution in [0.3, 0.4) is 0 Å². The lowest BCUT2D eigenvalue weighted by Gasteiger charge is -2.12. The molecule has 0 aromatic carbocycles. The van der Waals surface area contributed by atoms with Crippen molar-refractivity contribution in [3.63, 3.8) is 0 Å². The van der Waals surface area contributed by atoms with Crippen molar-refractivity contribution in [1.82, 2.24) is 5.32 Å². The summed E-state index contributed by atoms with van der Waals surface area (Å²) >= 11 is 0. The van der Waals surface area contributed by atoms with E-state index in [4.69, 9.17) is 10.8 Å². The third kappa shape index (κ3) is 5.26. The SMILES string of the molecule is C[C@H](C=O)NC(=O)[C@@H](N)CCC(=O)O. The van der Waals surface area contributed by atoms with Crippen molar-refractivity contribution in [3.8, 4) is 0 Å². The Kier molecular flexibility index (Phi) is 5.47. The molecule has 0 fully saturated rings. The summed E-state index contributed by atoms with van der Waals surface area (Å²) < 4.78 is 0. The maximum Gasteiger partial charge on any atom is 0.303 e. The van der Waals surface area contributed by atoms with E-state index in [9.17, 15) is 14.4 Å². The maximum absolute atomic E-state index is 11.1. The van der Waals surface area contributed by atoms with Crippen LogP contribution in [0.1, 0.15) is 19.8 Å². The van der Waals surface area contributed by atoms with Crippen LogP contribution >= 0.6 is 0 Å². The molecule has 0 spiro atoms. The molecule has 0 unspecified atom stereocenters. The Morgan fingerprint density at radius 1 is 1.57 bits per heavy atom. The molecule has 0 bridgehead atoms. The fourth-order valence-corrected chi connectivity index (χ4v) is 0.776. The number of carboxylic acids is 1. The summed E-state index contributed by atoms with van der Waals surface area (Å²) in [5.41, 5.74) is 5.38. The van der Waals surface area contributed by atoms with Gasteiger partial charge >= 0.3 is 5.97 Å². The molecule has 0 saturated carbocycles. The predicted molar refractivity (Wildman–Crippen MR) is 48.5 cm³/mol. The quantitative estimate of drug-likeness (QED) is 0.473. The van der Waals surface area contributed by atoms with Gasteiger partial charge in [-0.1, -0.05) is 0 Å². The molecule has 4 N–H and O–H groups in total. The molecule has 0 aromatic rings. The minimum Gasteiger partial charge on any atom is -0.481 e. The first-order valence-electron chi connectivity index (χ1n) is 4.20. The lowest BCUT2D eigenvalue weighted by molar-refractivity contribution is -0.137. The number of carbonyl (C=O) groups excluding carboxylic acids is 2. The maximum atomic E-state index is 11.1. The number of hydrogen-bond donors (Lipinski definition) is 3. The lowest BCUT2D eigenvalue weighted by atomic mass is 10.1. The van der Waals surface area contributed by atoms with Crippen LogP contribution in [0.5, 0.6) is 0 Å². The van der Waals surface area contributed by atoms with Crippen molar-refractivity contribution in [1.29, 1.82) is 0 Å². The van der Waals surface area contributed by atoms with Gasteiger partial charge in [0.1, 0.15) is 6.29 Å². The highest BCUT2D eigenvalue weighted by atomic mass is 16.4. The first kappa shape index (κ1) is 12.6. The third-order valence-electron chi connectivity index (χ3n) is 1.58. The molecule has 14 heavy (non-hydrogen) atoms. The molecule has 0 aliphatic rings. The zero-order chi connectivity index (χ0) is 11.1. The highest BCUT2D eigenvalue weighted by molar-refractivity contribution is 5.84. The van der Waals surface area contributed by atoms with Crippen molar-refractivity contribution < 1.29 is 19.5 Å². The second-order valence-corrected chi connectivity index (χ2v) is 2.97. The third-order valence-corrected chi connectivity index (χ3v) is 1.58. The van der Waals surface area contributed by atoms with Crippen LogP contribution in [-0.2, 0) is 14.4 Å². The molecule has 0 saturated heterocycles. The standard InChI is InChI=1S/C8H14N2O4/c1-5(4-11)10-8(14)6(9)2-3-7(12)13/h4-6H,2-3,9H2,1H3,(H,10,14)(H,12,13)/t5-,6+/m1/s1. The van der Waals surface area contributed by atoms with Crippen LogP contribution < -0.4 is 11.1 Å². The van der Waals surface area contributed by atoms with E-state index in [2.05, 4.69) is 5.32 Å². The van der Waals surface area contributed by atoms with Crippen LogP contribution in [0.2, 0.25) is 0 Å². The second-order valence-electron chi connectivity index (χ2n) is 2.97. The second kappa shape index (κ2) is 6.09. The van der Waals surface area contributed by atoms with E-state index < -0.39 is 24.0 Å². The van der Waals surface area contributed by atoms with E-state index in [0.29, 0.717) is 6.29 Å². The Labute approximate surface area is 81.5 Å². The molecule has 2 atom stereocenters. The predicted octanol–water partition coefficient (Wildman–Crippen LogP) is -1.12. The van der Waals surface area contributed by atoms with E-state index in [-0.39, 0.29) is 12.8 Å².